The molecule has 1 rings (SSSR count). The maximum Gasteiger partial charge on any atom is 0.328 e. The molecule has 0 aliphatic heterocycles. The monoisotopic (exact) mass is 271 g/mol. The molecule has 1 aromatic carbocycles. The quantitative estimate of drug-likeness (QED) is 0.768. The lowest BCUT2D eigenvalue weighted by Gasteiger charge is -2.17. The lowest BCUT2D eigenvalue weighted by molar-refractivity contribution is -0.141. The molecule has 0 fully saturated rings. The van der Waals surface area contributed by atoms with E-state index in [0.29, 0.717) is 5.02 Å². The molecule has 0 aromatic heterocycles. The van der Waals surface area contributed by atoms with Gasteiger partial charge >= 0.3 is 5.97 Å². The van der Waals surface area contributed by atoms with E-state index < -0.39 is 24.0 Å². The van der Waals surface area contributed by atoms with Gasteiger partial charge in [0.1, 0.15) is 0 Å². The molecule has 0 saturated carbocycles. The Morgan fingerprint density at radius 2 is 1.94 bits per heavy atom. The Labute approximate surface area is 109 Å². The van der Waals surface area contributed by atoms with Crippen LogP contribution in [0.15, 0.2) is 18.2 Å². The first-order valence-electron chi connectivity index (χ1n) is 5.30. The average molecular weight is 272 g/mol. The zero-order valence-electron chi connectivity index (χ0n) is 9.98. The number of aryl methyl sites for hydroxylation is 1. The Morgan fingerprint density at radius 3 is 2.39 bits per heavy atom. The Balaban J connectivity index is 2.90. The van der Waals surface area contributed by atoms with E-state index in [1.165, 1.54) is 13.0 Å². The van der Waals surface area contributed by atoms with Crippen LogP contribution in [-0.4, -0.2) is 34.2 Å². The third-order valence-electron chi connectivity index (χ3n) is 2.34. The summed E-state index contributed by atoms with van der Waals surface area (Å²) in [5.74, 6) is -1.88. The minimum absolute atomic E-state index is 0.256. The van der Waals surface area contributed by atoms with Gasteiger partial charge in [-0.15, -0.1) is 0 Å². The molecule has 5 nitrogen and oxygen atoms in total. The van der Waals surface area contributed by atoms with Crippen LogP contribution in [0.5, 0.6) is 0 Å². The summed E-state index contributed by atoms with van der Waals surface area (Å²) >= 11 is 5.81. The Bertz CT molecular complexity index is 453. The molecule has 0 aliphatic rings. The summed E-state index contributed by atoms with van der Waals surface area (Å²) in [4.78, 5) is 22.7. The van der Waals surface area contributed by atoms with E-state index in [9.17, 15) is 14.7 Å². The van der Waals surface area contributed by atoms with Crippen molar-refractivity contribution in [3.63, 3.8) is 0 Å². The van der Waals surface area contributed by atoms with Crippen LogP contribution in [0.4, 0.5) is 0 Å². The van der Waals surface area contributed by atoms with Crippen LogP contribution in [0.25, 0.3) is 0 Å². The fraction of sp³-hybridized carbons (Fsp3) is 0.333. The van der Waals surface area contributed by atoms with Gasteiger partial charge in [0.25, 0.3) is 5.91 Å². The fourth-order valence-electron chi connectivity index (χ4n) is 1.48. The highest BCUT2D eigenvalue weighted by atomic mass is 35.5. The number of hydrogen-bond donors (Lipinski definition) is 3. The van der Waals surface area contributed by atoms with E-state index in [-0.39, 0.29) is 5.56 Å². The molecule has 98 valence electrons. The molecule has 0 radical (unpaired) electrons. The van der Waals surface area contributed by atoms with Gasteiger partial charge in [0.05, 0.1) is 6.10 Å². The topological polar surface area (TPSA) is 86.6 Å². The predicted molar refractivity (Wildman–Crippen MR) is 66.8 cm³/mol. The van der Waals surface area contributed by atoms with Gasteiger partial charge in [0, 0.05) is 10.6 Å². The second kappa shape index (κ2) is 5.84. The van der Waals surface area contributed by atoms with E-state index in [0.717, 1.165) is 5.56 Å². The van der Waals surface area contributed by atoms with E-state index in [2.05, 4.69) is 5.32 Å². The number of amides is 1. The minimum atomic E-state index is -1.35. The van der Waals surface area contributed by atoms with Crippen LogP contribution < -0.4 is 5.32 Å². The predicted octanol–water partition coefficient (Wildman–Crippen LogP) is 1.21. The number of carbonyl (C=O) groups excluding carboxylic acids is 1. The average Bonchev–Trinajstić information content (AvgIpc) is 2.23. The van der Waals surface area contributed by atoms with E-state index in [4.69, 9.17) is 16.7 Å². The summed E-state index contributed by atoms with van der Waals surface area (Å²) < 4.78 is 0. The molecular formula is C12H14ClNO4. The maximum absolute atomic E-state index is 11.8. The van der Waals surface area contributed by atoms with Gasteiger partial charge in [0.15, 0.2) is 6.04 Å². The Hall–Kier alpha value is -1.59. The largest absolute Gasteiger partial charge is 0.480 e. The number of aliphatic hydroxyl groups is 1. The van der Waals surface area contributed by atoms with Crippen molar-refractivity contribution in [1.82, 2.24) is 5.32 Å². The van der Waals surface area contributed by atoms with Crippen LogP contribution in [0, 0.1) is 6.92 Å². The SMILES string of the molecule is Cc1cc(Cl)cc(C(=O)NC(C(=O)O)C(C)O)c1. The summed E-state index contributed by atoms with van der Waals surface area (Å²) in [5.41, 5.74) is 1.04. The molecule has 6 heteroatoms. The molecule has 3 N–H and O–H groups in total. The van der Waals surface area contributed by atoms with E-state index in [1.54, 1.807) is 19.1 Å². The van der Waals surface area contributed by atoms with Crippen molar-refractivity contribution in [2.75, 3.05) is 0 Å². The molecule has 2 atom stereocenters. The molecule has 1 amide bonds. The zero-order valence-corrected chi connectivity index (χ0v) is 10.7. The third kappa shape index (κ3) is 3.72. The molecule has 1 aromatic rings. The molecule has 0 heterocycles. The number of nitrogens with one attached hydrogen (secondary N) is 1. The lowest BCUT2D eigenvalue weighted by atomic mass is 10.1. The van der Waals surface area contributed by atoms with Crippen molar-refractivity contribution >= 4 is 23.5 Å². The van der Waals surface area contributed by atoms with Gasteiger partial charge in [-0.2, -0.15) is 0 Å². The second-order valence-electron chi connectivity index (χ2n) is 4.05. The second-order valence-corrected chi connectivity index (χ2v) is 4.48. The maximum atomic E-state index is 11.8. The van der Waals surface area contributed by atoms with Crippen molar-refractivity contribution in [2.24, 2.45) is 0 Å². The molecule has 0 spiro atoms. The summed E-state index contributed by atoms with van der Waals surface area (Å²) in [6, 6.07) is 3.35. The number of carboxylic acid groups (broad SMARTS) is 1. The third-order valence-corrected chi connectivity index (χ3v) is 2.56. The number of hydrogen-bond acceptors (Lipinski definition) is 3. The Kier molecular flexibility index (Phi) is 4.69. The summed E-state index contributed by atoms with van der Waals surface area (Å²) in [6.07, 6.45) is -1.19. The highest BCUT2D eigenvalue weighted by Crippen LogP contribution is 2.14. The first kappa shape index (κ1) is 14.5. The van der Waals surface area contributed by atoms with Crippen molar-refractivity contribution in [3.8, 4) is 0 Å². The number of rotatable bonds is 4. The number of aliphatic hydroxyl groups excluding tert-OH is 1. The first-order chi connectivity index (χ1) is 8.31. The molecule has 18 heavy (non-hydrogen) atoms. The molecule has 0 aliphatic carbocycles. The normalized spacial score (nSPS) is 13.8. The lowest BCUT2D eigenvalue weighted by Crippen LogP contribution is -2.47. The number of halogens is 1. The number of carbonyl (C=O) groups is 2. The summed E-state index contributed by atoms with van der Waals surface area (Å²) in [7, 11) is 0. The van der Waals surface area contributed by atoms with Crippen molar-refractivity contribution in [3.05, 3.63) is 34.3 Å². The minimum Gasteiger partial charge on any atom is -0.480 e. The highest BCUT2D eigenvalue weighted by molar-refractivity contribution is 6.31. The molecular weight excluding hydrogens is 258 g/mol. The number of carboxylic acids is 1. The van der Waals surface area contributed by atoms with Crippen LogP contribution in [0.2, 0.25) is 5.02 Å². The molecule has 2 unspecified atom stereocenters. The first-order valence-corrected chi connectivity index (χ1v) is 5.68. The van der Waals surface area contributed by atoms with Crippen molar-refractivity contribution in [1.29, 1.82) is 0 Å². The summed E-state index contributed by atoms with van der Waals surface area (Å²) in [5, 5.41) is 20.7. The number of benzene rings is 1. The van der Waals surface area contributed by atoms with Gasteiger partial charge < -0.3 is 15.5 Å². The van der Waals surface area contributed by atoms with Gasteiger partial charge in [-0.25, -0.2) is 4.79 Å². The van der Waals surface area contributed by atoms with Crippen LogP contribution in [-0.2, 0) is 4.79 Å². The smallest absolute Gasteiger partial charge is 0.328 e. The van der Waals surface area contributed by atoms with E-state index in [1.807, 2.05) is 0 Å². The zero-order chi connectivity index (χ0) is 13.9. The van der Waals surface area contributed by atoms with Crippen molar-refractivity contribution < 1.29 is 19.8 Å². The molecule has 0 saturated heterocycles. The van der Waals surface area contributed by atoms with Crippen molar-refractivity contribution in [2.45, 2.75) is 26.0 Å². The van der Waals surface area contributed by atoms with Crippen LogP contribution >= 0.6 is 11.6 Å². The van der Waals surface area contributed by atoms with Gasteiger partial charge in [-0.1, -0.05) is 11.6 Å². The molecule has 0 bridgehead atoms. The fourth-order valence-corrected chi connectivity index (χ4v) is 1.77. The van der Waals surface area contributed by atoms with Gasteiger partial charge in [-0.05, 0) is 37.6 Å². The van der Waals surface area contributed by atoms with Gasteiger partial charge in [-0.3, -0.25) is 4.79 Å². The van der Waals surface area contributed by atoms with Crippen LogP contribution in [0.1, 0.15) is 22.8 Å². The Morgan fingerprint density at radius 1 is 1.33 bits per heavy atom. The van der Waals surface area contributed by atoms with Gasteiger partial charge in [0.2, 0.25) is 0 Å². The number of aliphatic carboxylic acids is 1. The van der Waals surface area contributed by atoms with Crippen LogP contribution in [0.3, 0.4) is 0 Å². The summed E-state index contributed by atoms with van der Waals surface area (Å²) in [6.45, 7) is 3.06. The standard InChI is InChI=1S/C12H14ClNO4/c1-6-3-8(5-9(13)4-6)11(16)14-10(7(2)15)12(17)18/h3-5,7,10,15H,1-2H3,(H,14,16)(H,17,18). The highest BCUT2D eigenvalue weighted by Gasteiger charge is 2.25. The van der Waals surface area contributed by atoms with E-state index >= 15 is 0 Å².